The van der Waals surface area contributed by atoms with Crippen LogP contribution in [0.5, 0.6) is 11.5 Å². The Morgan fingerprint density at radius 1 is 0.972 bits per heavy atom. The molecule has 0 saturated carbocycles. The summed E-state index contributed by atoms with van der Waals surface area (Å²) in [6, 6.07) is 21.9. The Kier molecular flexibility index (Phi) is 5.53. The zero-order chi connectivity index (χ0) is 24.8. The van der Waals surface area contributed by atoms with Gasteiger partial charge < -0.3 is 14.6 Å². The van der Waals surface area contributed by atoms with Crippen LogP contribution in [-0.4, -0.2) is 23.5 Å². The Balaban J connectivity index is 1.64. The molecular weight excluding hydrogens is 476 g/mol. The van der Waals surface area contributed by atoms with E-state index >= 15 is 0 Å². The summed E-state index contributed by atoms with van der Waals surface area (Å²) >= 11 is 6.15. The van der Waals surface area contributed by atoms with Gasteiger partial charge in [-0.3, -0.25) is 15.1 Å². The molecule has 0 radical (unpaired) electrons. The lowest BCUT2D eigenvalue weighted by atomic mass is 9.73. The Labute approximate surface area is 213 Å². The number of nitrogens with one attached hydrogen (secondary N) is 1. The highest BCUT2D eigenvalue weighted by molar-refractivity contribution is 6.30. The summed E-state index contributed by atoms with van der Waals surface area (Å²) in [6.45, 7) is 0.133. The topological polar surface area (TPSA) is 82.9 Å². The standard InChI is InChI=1S/C29H23ClN2O4/c30-19-10-12-20(13-11-19)32-21-7-4-8-22(33)26(21)25(18-9-14-23-24(15-18)36-16-35-23)27(29(32)31)28(34)17-5-2-1-3-6-17/h1-3,5-6,9-15,25,31,34H,4,7-8,16H2/b28-27+,31-29?. The zero-order valence-electron chi connectivity index (χ0n) is 19.3. The van der Waals surface area contributed by atoms with Gasteiger partial charge in [-0.1, -0.05) is 48.0 Å². The fourth-order valence-corrected chi connectivity index (χ4v) is 5.37. The van der Waals surface area contributed by atoms with Crippen molar-refractivity contribution in [1.82, 2.24) is 0 Å². The highest BCUT2D eigenvalue weighted by atomic mass is 35.5. The van der Waals surface area contributed by atoms with Crippen LogP contribution in [0.4, 0.5) is 5.69 Å². The number of nitrogens with zero attached hydrogens (tertiary/aromatic N) is 1. The lowest BCUT2D eigenvalue weighted by Crippen LogP contribution is -2.42. The molecule has 2 N–H and O–H groups in total. The van der Waals surface area contributed by atoms with E-state index in [1.807, 2.05) is 48.5 Å². The Morgan fingerprint density at radius 3 is 2.50 bits per heavy atom. The third kappa shape index (κ3) is 3.65. The molecule has 0 amide bonds. The smallest absolute Gasteiger partial charge is 0.231 e. The molecule has 0 saturated heterocycles. The minimum absolute atomic E-state index is 0.0174. The fraction of sp³-hybridized carbons (Fsp3) is 0.172. The van der Waals surface area contributed by atoms with E-state index in [9.17, 15) is 15.3 Å². The van der Waals surface area contributed by atoms with Gasteiger partial charge >= 0.3 is 0 Å². The van der Waals surface area contributed by atoms with E-state index in [0.29, 0.717) is 58.2 Å². The van der Waals surface area contributed by atoms with Gasteiger partial charge in [-0.25, -0.2) is 0 Å². The molecule has 0 fully saturated rings. The normalized spacial score (nSPS) is 20.5. The van der Waals surface area contributed by atoms with E-state index in [2.05, 4.69) is 0 Å². The van der Waals surface area contributed by atoms with Crippen LogP contribution in [0.2, 0.25) is 5.02 Å². The predicted molar refractivity (Wildman–Crippen MR) is 139 cm³/mol. The van der Waals surface area contributed by atoms with Crippen LogP contribution in [0.25, 0.3) is 5.76 Å². The van der Waals surface area contributed by atoms with Crippen LogP contribution in [-0.2, 0) is 4.79 Å². The number of rotatable bonds is 3. The second kappa shape index (κ2) is 8.88. The molecule has 6 nitrogen and oxygen atoms in total. The number of anilines is 1. The summed E-state index contributed by atoms with van der Waals surface area (Å²) < 4.78 is 11.1. The summed E-state index contributed by atoms with van der Waals surface area (Å²) in [7, 11) is 0. The number of ether oxygens (including phenoxy) is 2. The van der Waals surface area contributed by atoms with Gasteiger partial charge in [-0.05, 0) is 54.8 Å². The third-order valence-electron chi connectivity index (χ3n) is 6.87. The number of benzene rings is 3. The number of hydrogen-bond donors (Lipinski definition) is 2. The van der Waals surface area contributed by atoms with Gasteiger partial charge in [0.05, 0.1) is 0 Å². The third-order valence-corrected chi connectivity index (χ3v) is 7.12. The predicted octanol–water partition coefficient (Wildman–Crippen LogP) is 6.63. The number of fused-ring (bicyclic) bond motifs is 1. The molecule has 3 aliphatic rings. The molecular formula is C29H23ClN2O4. The lowest BCUT2D eigenvalue weighted by Gasteiger charge is -2.41. The van der Waals surface area contributed by atoms with Crippen LogP contribution in [0.15, 0.2) is 89.6 Å². The first-order valence-corrected chi connectivity index (χ1v) is 12.2. The first kappa shape index (κ1) is 22.4. The molecule has 36 heavy (non-hydrogen) atoms. The molecule has 0 aromatic heterocycles. The Morgan fingerprint density at radius 2 is 1.72 bits per heavy atom. The van der Waals surface area contributed by atoms with Crippen molar-refractivity contribution in [2.45, 2.75) is 25.2 Å². The molecule has 180 valence electrons. The number of amidine groups is 1. The molecule has 3 aromatic rings. The molecule has 6 rings (SSSR count). The average molecular weight is 499 g/mol. The maximum Gasteiger partial charge on any atom is 0.231 e. The van der Waals surface area contributed by atoms with Crippen LogP contribution in [0.1, 0.15) is 36.3 Å². The number of aliphatic hydroxyl groups is 1. The van der Waals surface area contributed by atoms with Crippen molar-refractivity contribution in [2.24, 2.45) is 0 Å². The summed E-state index contributed by atoms with van der Waals surface area (Å²) in [5.74, 6) is 0.696. The lowest BCUT2D eigenvalue weighted by molar-refractivity contribution is -0.116. The van der Waals surface area contributed by atoms with Crippen LogP contribution >= 0.6 is 11.6 Å². The van der Waals surface area contributed by atoms with Crippen molar-refractivity contribution in [2.75, 3.05) is 11.7 Å². The second-order valence-corrected chi connectivity index (χ2v) is 9.41. The number of carbonyl (C=O) groups is 1. The van der Waals surface area contributed by atoms with E-state index in [-0.39, 0.29) is 24.2 Å². The highest BCUT2D eigenvalue weighted by Crippen LogP contribution is 2.49. The molecule has 1 unspecified atom stereocenters. The number of allylic oxidation sites excluding steroid dienone is 2. The van der Waals surface area contributed by atoms with Crippen LogP contribution < -0.4 is 14.4 Å². The van der Waals surface area contributed by atoms with E-state index in [0.717, 1.165) is 11.3 Å². The number of halogens is 1. The number of Topliss-reactive ketones (excluding diaryl/α,β-unsaturated/α-hetero) is 1. The molecule has 1 atom stereocenters. The molecule has 1 aliphatic carbocycles. The van der Waals surface area contributed by atoms with Gasteiger partial charge in [0, 0.05) is 45.5 Å². The maximum atomic E-state index is 13.6. The van der Waals surface area contributed by atoms with Crippen molar-refractivity contribution in [3.8, 4) is 11.5 Å². The highest BCUT2D eigenvalue weighted by Gasteiger charge is 2.43. The monoisotopic (exact) mass is 498 g/mol. The average Bonchev–Trinajstić information content (AvgIpc) is 3.37. The van der Waals surface area contributed by atoms with Gasteiger partial charge in [0.2, 0.25) is 6.79 Å². The van der Waals surface area contributed by atoms with Gasteiger partial charge in [-0.15, -0.1) is 0 Å². The number of carbonyl (C=O) groups excluding carboxylic acids is 1. The van der Waals surface area contributed by atoms with E-state index in [1.54, 1.807) is 29.2 Å². The summed E-state index contributed by atoms with van der Waals surface area (Å²) in [5.41, 5.74) is 3.80. The van der Waals surface area contributed by atoms with Crippen molar-refractivity contribution in [1.29, 1.82) is 5.41 Å². The summed E-state index contributed by atoms with van der Waals surface area (Å²) in [5, 5.41) is 21.6. The minimum Gasteiger partial charge on any atom is -0.507 e. The minimum atomic E-state index is -0.626. The van der Waals surface area contributed by atoms with Crippen molar-refractivity contribution >= 4 is 34.7 Å². The summed E-state index contributed by atoms with van der Waals surface area (Å²) in [4.78, 5) is 15.3. The number of ketones is 1. The van der Waals surface area contributed by atoms with Crippen LogP contribution in [0.3, 0.4) is 0 Å². The molecule has 7 heteroatoms. The van der Waals surface area contributed by atoms with Crippen LogP contribution in [0, 0.1) is 5.41 Å². The largest absolute Gasteiger partial charge is 0.507 e. The SMILES string of the molecule is N=C1/C(=C(/O)c2ccccc2)C(c2ccc3c(c2)OCO3)C2=C(CCCC2=O)N1c1ccc(Cl)cc1. The zero-order valence-corrected chi connectivity index (χ0v) is 20.1. The molecule has 0 bridgehead atoms. The van der Waals surface area contributed by atoms with Gasteiger partial charge in [0.25, 0.3) is 0 Å². The second-order valence-electron chi connectivity index (χ2n) is 8.97. The Hall–Kier alpha value is -4.03. The first-order chi connectivity index (χ1) is 17.5. The van der Waals surface area contributed by atoms with Gasteiger partial charge in [0.1, 0.15) is 11.6 Å². The van der Waals surface area contributed by atoms with Crippen molar-refractivity contribution in [3.63, 3.8) is 0 Å². The summed E-state index contributed by atoms with van der Waals surface area (Å²) in [6.07, 6.45) is 1.76. The van der Waals surface area contributed by atoms with Crippen molar-refractivity contribution in [3.05, 3.63) is 106 Å². The Bertz CT molecular complexity index is 1440. The number of hydrogen-bond acceptors (Lipinski definition) is 5. The molecule has 0 spiro atoms. The molecule has 3 aromatic carbocycles. The van der Waals surface area contributed by atoms with E-state index in [1.165, 1.54) is 0 Å². The van der Waals surface area contributed by atoms with E-state index < -0.39 is 5.92 Å². The maximum absolute atomic E-state index is 13.6. The quantitative estimate of drug-likeness (QED) is 0.396. The van der Waals surface area contributed by atoms with Gasteiger partial charge in [-0.2, -0.15) is 0 Å². The fourth-order valence-electron chi connectivity index (χ4n) is 5.24. The van der Waals surface area contributed by atoms with E-state index in [4.69, 9.17) is 21.1 Å². The molecule has 2 aliphatic heterocycles. The first-order valence-electron chi connectivity index (χ1n) is 11.8. The van der Waals surface area contributed by atoms with Gasteiger partial charge in [0.15, 0.2) is 17.3 Å². The van der Waals surface area contributed by atoms with Crippen molar-refractivity contribution < 1.29 is 19.4 Å². The molecule has 2 heterocycles. The number of aliphatic hydroxyl groups excluding tert-OH is 1.